The second-order valence-corrected chi connectivity index (χ2v) is 10.4. The van der Waals surface area contributed by atoms with Crippen molar-refractivity contribution in [1.82, 2.24) is 9.21 Å². The maximum atomic E-state index is 13.4. The Morgan fingerprint density at radius 3 is 2.42 bits per heavy atom. The predicted octanol–water partition coefficient (Wildman–Crippen LogP) is 2.49. The number of ether oxygens (including phenoxy) is 3. The summed E-state index contributed by atoms with van der Waals surface area (Å²) < 4.78 is 44.9. The van der Waals surface area contributed by atoms with E-state index >= 15 is 0 Å². The number of piperidine rings is 1. The van der Waals surface area contributed by atoms with Crippen molar-refractivity contribution >= 4 is 15.9 Å². The Balaban J connectivity index is 1.57. The monoisotopic (exact) mass is 452 g/mol. The Bertz CT molecular complexity index is 876. The van der Waals surface area contributed by atoms with Crippen LogP contribution in [0, 0.1) is 5.92 Å². The molecule has 172 valence electrons. The third-order valence-corrected chi connectivity index (χ3v) is 8.29. The Hall–Kier alpha value is -1.68. The molecule has 1 amide bonds. The number of likely N-dealkylation sites (tertiary alicyclic amines) is 1. The Morgan fingerprint density at radius 1 is 1.03 bits per heavy atom. The van der Waals surface area contributed by atoms with Crippen molar-refractivity contribution in [1.29, 1.82) is 0 Å². The zero-order valence-corrected chi connectivity index (χ0v) is 18.9. The third kappa shape index (κ3) is 4.89. The number of methoxy groups -OCH3 is 1. The molecule has 0 aromatic heterocycles. The van der Waals surface area contributed by atoms with Crippen LogP contribution in [0.3, 0.4) is 0 Å². The van der Waals surface area contributed by atoms with Gasteiger partial charge in [0.25, 0.3) is 5.91 Å². The molecule has 4 rings (SSSR count). The molecule has 3 aliphatic heterocycles. The van der Waals surface area contributed by atoms with Gasteiger partial charge in [-0.05, 0) is 43.9 Å². The van der Waals surface area contributed by atoms with E-state index in [-0.39, 0.29) is 28.8 Å². The first-order valence-corrected chi connectivity index (χ1v) is 12.7. The normalized spacial score (nSPS) is 24.2. The van der Waals surface area contributed by atoms with E-state index in [0.29, 0.717) is 45.0 Å². The van der Waals surface area contributed by atoms with Gasteiger partial charge in [0, 0.05) is 37.7 Å². The zero-order valence-electron chi connectivity index (χ0n) is 18.1. The van der Waals surface area contributed by atoms with E-state index in [0.717, 1.165) is 38.5 Å². The molecule has 3 heterocycles. The molecule has 0 spiro atoms. The molecule has 0 saturated carbocycles. The Labute approximate surface area is 184 Å². The van der Waals surface area contributed by atoms with Crippen molar-refractivity contribution in [3.8, 4) is 5.75 Å². The molecule has 1 atom stereocenters. The second kappa shape index (κ2) is 9.85. The highest BCUT2D eigenvalue weighted by Gasteiger charge is 2.34. The number of sulfonamides is 1. The van der Waals surface area contributed by atoms with Crippen LogP contribution in [0.1, 0.15) is 48.9 Å². The molecule has 1 unspecified atom stereocenters. The van der Waals surface area contributed by atoms with Gasteiger partial charge >= 0.3 is 0 Å². The quantitative estimate of drug-likeness (QED) is 0.682. The van der Waals surface area contributed by atoms with Crippen LogP contribution in [0.2, 0.25) is 0 Å². The third-order valence-electron chi connectivity index (χ3n) is 6.37. The molecule has 31 heavy (non-hydrogen) atoms. The largest absolute Gasteiger partial charge is 0.495 e. The summed E-state index contributed by atoms with van der Waals surface area (Å²) in [6.07, 6.45) is 5.32. The number of carbonyl (C=O) groups is 1. The minimum atomic E-state index is -3.74. The molecule has 8 nitrogen and oxygen atoms in total. The van der Waals surface area contributed by atoms with E-state index in [1.165, 1.54) is 17.5 Å². The molecule has 3 saturated heterocycles. The van der Waals surface area contributed by atoms with Crippen LogP contribution in [0.25, 0.3) is 0 Å². The molecular formula is C22H32N2O6S. The number of amides is 1. The van der Waals surface area contributed by atoms with Crippen LogP contribution < -0.4 is 4.74 Å². The van der Waals surface area contributed by atoms with Crippen LogP contribution in [0.4, 0.5) is 0 Å². The number of hydrogen-bond donors (Lipinski definition) is 0. The van der Waals surface area contributed by atoms with E-state index in [1.807, 2.05) is 0 Å². The molecule has 1 aromatic carbocycles. The van der Waals surface area contributed by atoms with E-state index in [2.05, 4.69) is 0 Å². The van der Waals surface area contributed by atoms with E-state index < -0.39 is 10.0 Å². The van der Waals surface area contributed by atoms with Crippen LogP contribution in [0.15, 0.2) is 23.1 Å². The van der Waals surface area contributed by atoms with Crippen molar-refractivity contribution in [2.75, 3.05) is 46.5 Å². The summed E-state index contributed by atoms with van der Waals surface area (Å²) in [6, 6.07) is 4.71. The SMILES string of the molecule is COc1ccc(C(=O)N2CCCC(C3OCCO3)C2)cc1S(=O)(=O)N1CCCCCC1. The average Bonchev–Trinajstić information content (AvgIpc) is 3.20. The number of carbonyl (C=O) groups excluding carboxylic acids is 1. The van der Waals surface area contributed by atoms with Gasteiger partial charge in [-0.1, -0.05) is 12.8 Å². The zero-order chi connectivity index (χ0) is 21.8. The van der Waals surface area contributed by atoms with Gasteiger partial charge in [-0.3, -0.25) is 4.79 Å². The summed E-state index contributed by atoms with van der Waals surface area (Å²) in [5, 5.41) is 0. The molecule has 0 radical (unpaired) electrons. The average molecular weight is 453 g/mol. The summed E-state index contributed by atoms with van der Waals surface area (Å²) in [5.41, 5.74) is 0.364. The fourth-order valence-electron chi connectivity index (χ4n) is 4.68. The first-order chi connectivity index (χ1) is 15.0. The lowest BCUT2D eigenvalue weighted by atomic mass is 9.96. The number of rotatable bonds is 5. The summed E-state index contributed by atoms with van der Waals surface area (Å²) in [5.74, 6) is 0.237. The minimum absolute atomic E-state index is 0.0683. The van der Waals surface area contributed by atoms with Gasteiger partial charge in [-0.2, -0.15) is 4.31 Å². The molecule has 9 heteroatoms. The lowest BCUT2D eigenvalue weighted by molar-refractivity contribution is -0.0969. The lowest BCUT2D eigenvalue weighted by Crippen LogP contribution is -2.43. The molecule has 0 N–H and O–H groups in total. The molecule has 3 aliphatic rings. The van der Waals surface area contributed by atoms with Gasteiger partial charge in [-0.15, -0.1) is 0 Å². The summed E-state index contributed by atoms with van der Waals surface area (Å²) in [7, 11) is -2.29. The maximum absolute atomic E-state index is 13.4. The highest BCUT2D eigenvalue weighted by molar-refractivity contribution is 7.89. The van der Waals surface area contributed by atoms with Crippen LogP contribution in [0.5, 0.6) is 5.75 Å². The van der Waals surface area contributed by atoms with E-state index in [4.69, 9.17) is 14.2 Å². The molecule has 0 bridgehead atoms. The highest BCUT2D eigenvalue weighted by atomic mass is 32.2. The van der Waals surface area contributed by atoms with Gasteiger partial charge in [0.1, 0.15) is 10.6 Å². The summed E-state index contributed by atoms with van der Waals surface area (Å²) in [6.45, 7) is 3.36. The Morgan fingerprint density at radius 2 is 1.74 bits per heavy atom. The fraction of sp³-hybridized carbons (Fsp3) is 0.682. The molecular weight excluding hydrogens is 420 g/mol. The molecule has 0 aliphatic carbocycles. The van der Waals surface area contributed by atoms with Crippen molar-refractivity contribution in [2.24, 2.45) is 5.92 Å². The van der Waals surface area contributed by atoms with Gasteiger partial charge < -0.3 is 19.1 Å². The van der Waals surface area contributed by atoms with Gasteiger partial charge in [0.2, 0.25) is 10.0 Å². The number of nitrogens with zero attached hydrogens (tertiary/aromatic N) is 2. The van der Waals surface area contributed by atoms with Gasteiger partial charge in [0.15, 0.2) is 6.29 Å². The number of hydrogen-bond acceptors (Lipinski definition) is 6. The van der Waals surface area contributed by atoms with Crippen LogP contribution in [-0.4, -0.2) is 76.3 Å². The van der Waals surface area contributed by atoms with E-state index in [9.17, 15) is 13.2 Å². The van der Waals surface area contributed by atoms with Crippen LogP contribution >= 0.6 is 0 Å². The highest BCUT2D eigenvalue weighted by Crippen LogP contribution is 2.31. The smallest absolute Gasteiger partial charge is 0.253 e. The number of benzene rings is 1. The van der Waals surface area contributed by atoms with Crippen molar-refractivity contribution in [3.63, 3.8) is 0 Å². The first-order valence-electron chi connectivity index (χ1n) is 11.2. The summed E-state index contributed by atoms with van der Waals surface area (Å²) in [4.78, 5) is 15.1. The molecule has 3 fully saturated rings. The Kier molecular flexibility index (Phi) is 7.15. The molecule has 1 aromatic rings. The van der Waals surface area contributed by atoms with Gasteiger partial charge in [-0.25, -0.2) is 8.42 Å². The summed E-state index contributed by atoms with van der Waals surface area (Å²) >= 11 is 0. The fourth-order valence-corrected chi connectivity index (χ4v) is 6.38. The standard InChI is InChI=1S/C22H32N2O6S/c1-28-19-9-8-17(15-20(19)31(26,27)24-11-4-2-3-5-12-24)21(25)23-10-6-7-18(16-23)22-29-13-14-30-22/h8-9,15,18,22H,2-7,10-14,16H2,1H3. The second-order valence-electron chi connectivity index (χ2n) is 8.45. The van der Waals surface area contributed by atoms with Crippen molar-refractivity contribution in [3.05, 3.63) is 23.8 Å². The van der Waals surface area contributed by atoms with Gasteiger partial charge in [0.05, 0.1) is 20.3 Å². The van der Waals surface area contributed by atoms with E-state index in [1.54, 1.807) is 17.0 Å². The lowest BCUT2D eigenvalue weighted by Gasteiger charge is -2.34. The topological polar surface area (TPSA) is 85.4 Å². The van der Waals surface area contributed by atoms with Crippen LogP contribution in [-0.2, 0) is 19.5 Å². The maximum Gasteiger partial charge on any atom is 0.253 e. The first kappa shape index (κ1) is 22.5. The predicted molar refractivity (Wildman–Crippen MR) is 115 cm³/mol. The van der Waals surface area contributed by atoms with Crippen molar-refractivity contribution < 1.29 is 27.4 Å². The minimum Gasteiger partial charge on any atom is -0.495 e. The van der Waals surface area contributed by atoms with Crippen molar-refractivity contribution in [2.45, 2.75) is 49.7 Å².